The van der Waals surface area contributed by atoms with Gasteiger partial charge in [0, 0.05) is 36.2 Å². The molecule has 130 valence electrons. The molecule has 0 saturated heterocycles. The Kier molecular flexibility index (Phi) is 8.22. The smallest absolute Gasteiger partial charge is 0.0526 e. The molecule has 0 spiro atoms. The lowest BCUT2D eigenvalue weighted by molar-refractivity contribution is -0.224. The van der Waals surface area contributed by atoms with Gasteiger partial charge in [-0.05, 0) is 48.6 Å². The summed E-state index contributed by atoms with van der Waals surface area (Å²) in [5.74, 6) is 0. The van der Waals surface area contributed by atoms with E-state index in [-0.39, 0.29) is 23.1 Å². The first-order valence-electron chi connectivity index (χ1n) is 7.57. The molecule has 22 heavy (non-hydrogen) atoms. The molecule has 0 unspecified atom stereocenters. The van der Waals surface area contributed by atoms with E-state index >= 15 is 0 Å². The fourth-order valence-electron chi connectivity index (χ4n) is 1.48. The molecule has 2 N–H and O–H groups in total. The second-order valence-electron chi connectivity index (χ2n) is 7.43. The van der Waals surface area contributed by atoms with Crippen molar-refractivity contribution in [3.05, 3.63) is 0 Å². The van der Waals surface area contributed by atoms with Gasteiger partial charge < -0.3 is 25.7 Å². The molecule has 0 heterocycles. The maximum Gasteiger partial charge on any atom is 0.0526 e. The number of aliphatic imine (C=N–C) groups is 2. The monoisotopic (exact) mass is 313 g/mol. The van der Waals surface area contributed by atoms with Gasteiger partial charge >= 0.3 is 0 Å². The van der Waals surface area contributed by atoms with Crippen LogP contribution in [0.25, 0.3) is 0 Å². The zero-order valence-electron chi connectivity index (χ0n) is 15.0. The van der Waals surface area contributed by atoms with E-state index in [4.69, 9.17) is 0 Å². The molecule has 0 fully saturated rings. The lowest BCUT2D eigenvalue weighted by Crippen LogP contribution is -2.47. The quantitative estimate of drug-likeness (QED) is 0.490. The van der Waals surface area contributed by atoms with Crippen LogP contribution in [-0.4, -0.2) is 61.2 Å². The molecule has 0 amide bonds. The molecule has 7 nitrogen and oxygen atoms in total. The van der Waals surface area contributed by atoms with Crippen molar-refractivity contribution in [2.45, 2.75) is 52.6 Å². The zero-order valence-corrected chi connectivity index (χ0v) is 15.0. The summed E-state index contributed by atoms with van der Waals surface area (Å²) in [6.45, 7) is 13.6. The minimum Gasteiger partial charge on any atom is -0.846 e. The first-order valence-corrected chi connectivity index (χ1v) is 7.57. The van der Waals surface area contributed by atoms with E-state index in [1.807, 2.05) is 53.5 Å². The van der Waals surface area contributed by atoms with Gasteiger partial charge in [0.25, 0.3) is 0 Å². The summed E-state index contributed by atoms with van der Waals surface area (Å²) in [4.78, 5) is 9.87. The second-order valence-corrected chi connectivity index (χ2v) is 7.43. The number of hydrogen-bond donors (Lipinski definition) is 2. The van der Waals surface area contributed by atoms with Crippen LogP contribution in [0.3, 0.4) is 0 Å². The molecule has 0 aromatic heterocycles. The first-order chi connectivity index (χ1) is 9.89. The van der Waals surface area contributed by atoms with Crippen molar-refractivity contribution < 1.29 is 10.2 Å². The van der Waals surface area contributed by atoms with Gasteiger partial charge in [0.1, 0.15) is 0 Å². The number of likely N-dealkylation sites (N-methyl/N-ethyl adjacent to an activating group) is 1. The average molecular weight is 313 g/mol. The summed E-state index contributed by atoms with van der Waals surface area (Å²) in [6.07, 6.45) is 0. The van der Waals surface area contributed by atoms with Crippen molar-refractivity contribution in [2.75, 3.05) is 33.2 Å². The van der Waals surface area contributed by atoms with E-state index in [0.717, 1.165) is 0 Å². The summed E-state index contributed by atoms with van der Waals surface area (Å²) in [5, 5.41) is 28.6. The Morgan fingerprint density at radius 3 is 1.41 bits per heavy atom. The minimum absolute atomic E-state index is 0.272. The highest BCUT2D eigenvalue weighted by Gasteiger charge is 2.07. The molecular formula is C15H31N5O2-2. The van der Waals surface area contributed by atoms with Crippen LogP contribution in [0.2, 0.25) is 0 Å². The van der Waals surface area contributed by atoms with Gasteiger partial charge in [-0.3, -0.25) is 9.98 Å². The Morgan fingerprint density at radius 2 is 1.14 bits per heavy atom. The van der Waals surface area contributed by atoms with Gasteiger partial charge in [-0.15, -0.1) is 0 Å². The molecule has 0 rings (SSSR count). The van der Waals surface area contributed by atoms with Crippen molar-refractivity contribution in [3.8, 4) is 0 Å². The van der Waals surface area contributed by atoms with E-state index in [9.17, 15) is 10.2 Å². The van der Waals surface area contributed by atoms with Gasteiger partial charge in [-0.2, -0.15) is 0 Å². The zero-order chi connectivity index (χ0) is 17.4. The van der Waals surface area contributed by atoms with Crippen molar-refractivity contribution in [2.24, 2.45) is 9.98 Å². The summed E-state index contributed by atoms with van der Waals surface area (Å²) >= 11 is 0. The molecule has 0 aliphatic heterocycles. The lowest BCUT2D eigenvalue weighted by Gasteiger charge is -2.27. The number of amidine groups is 2. The minimum atomic E-state index is -0.296. The normalized spacial score (nSPS) is 14.4. The van der Waals surface area contributed by atoms with E-state index in [2.05, 4.69) is 20.6 Å². The topological polar surface area (TPSA) is 98.1 Å². The Morgan fingerprint density at radius 1 is 0.818 bits per heavy atom. The fourth-order valence-corrected chi connectivity index (χ4v) is 1.48. The van der Waals surface area contributed by atoms with Crippen LogP contribution in [0.1, 0.15) is 41.5 Å². The summed E-state index contributed by atoms with van der Waals surface area (Å²) in [6, 6.07) is -0.592. The van der Waals surface area contributed by atoms with Crippen LogP contribution in [-0.2, 0) is 0 Å². The largest absolute Gasteiger partial charge is 0.846 e. The van der Waals surface area contributed by atoms with Crippen LogP contribution in [0.4, 0.5) is 0 Å². The van der Waals surface area contributed by atoms with Crippen LogP contribution in [0.5, 0.6) is 0 Å². The van der Waals surface area contributed by atoms with Gasteiger partial charge in [-0.1, -0.05) is 0 Å². The maximum absolute atomic E-state index is 11.5. The Bertz CT molecular complexity index is 344. The standard InChI is InChI=1S/C15H33N5O2/c1-14(2,3)18-12(21)16-8-10-20(7)11-9-17-13(22)19-15(4,5)6/h8-11H2,1-7H3,(H2,16,18,21)(H2,17,19,22)/p-2. The highest BCUT2D eigenvalue weighted by atomic mass is 16.3. The highest BCUT2D eigenvalue weighted by Crippen LogP contribution is 1.97. The molecule has 0 saturated carbocycles. The van der Waals surface area contributed by atoms with Crippen LogP contribution in [0, 0.1) is 0 Å². The third kappa shape index (κ3) is 13.5. The van der Waals surface area contributed by atoms with Crippen LogP contribution in [0.15, 0.2) is 9.98 Å². The number of nitrogens with one attached hydrogen (secondary N) is 2. The van der Waals surface area contributed by atoms with Gasteiger partial charge in [-0.25, -0.2) is 0 Å². The number of rotatable bonds is 6. The summed E-state index contributed by atoms with van der Waals surface area (Å²) < 4.78 is 0. The fraction of sp³-hybridized carbons (Fsp3) is 0.867. The molecule has 0 atom stereocenters. The van der Waals surface area contributed by atoms with Crippen LogP contribution >= 0.6 is 0 Å². The SMILES string of the molecule is CN(CCN=C([O-])NC(C)(C)C)CCN=C([O-])NC(C)(C)C. The van der Waals surface area contributed by atoms with Crippen molar-refractivity contribution in [3.63, 3.8) is 0 Å². The molecular weight excluding hydrogens is 282 g/mol. The highest BCUT2D eigenvalue weighted by molar-refractivity contribution is 5.69. The summed E-state index contributed by atoms with van der Waals surface area (Å²) in [5.41, 5.74) is -0.544. The summed E-state index contributed by atoms with van der Waals surface area (Å²) in [7, 11) is 1.91. The lowest BCUT2D eigenvalue weighted by atomic mass is 10.1. The molecule has 0 aromatic rings. The average Bonchev–Trinajstić information content (AvgIpc) is 2.23. The third-order valence-electron chi connectivity index (χ3n) is 2.44. The van der Waals surface area contributed by atoms with Gasteiger partial charge in [0.2, 0.25) is 0 Å². The molecule has 0 aromatic carbocycles. The second kappa shape index (κ2) is 8.82. The van der Waals surface area contributed by atoms with E-state index < -0.39 is 0 Å². The molecule has 0 aliphatic rings. The van der Waals surface area contributed by atoms with Crippen molar-refractivity contribution in [1.29, 1.82) is 0 Å². The predicted molar refractivity (Wildman–Crippen MR) is 87.9 cm³/mol. The maximum atomic E-state index is 11.5. The predicted octanol–water partition coefficient (Wildman–Crippen LogP) is -0.873. The Balaban J connectivity index is 3.99. The first kappa shape index (κ1) is 20.5. The van der Waals surface area contributed by atoms with Crippen molar-refractivity contribution >= 4 is 12.0 Å². The van der Waals surface area contributed by atoms with Gasteiger partial charge in [0.05, 0.1) is 13.1 Å². The molecule has 0 aliphatic carbocycles. The molecule has 0 radical (unpaired) electrons. The molecule has 7 heteroatoms. The van der Waals surface area contributed by atoms with E-state index in [1.54, 1.807) is 0 Å². The molecule has 0 bridgehead atoms. The van der Waals surface area contributed by atoms with E-state index in [0.29, 0.717) is 26.2 Å². The number of hydrogen-bond acceptors (Lipinski definition) is 5. The van der Waals surface area contributed by atoms with Crippen LogP contribution < -0.4 is 20.8 Å². The Labute approximate surface area is 134 Å². The Hall–Kier alpha value is -1.50. The van der Waals surface area contributed by atoms with Crippen molar-refractivity contribution in [1.82, 2.24) is 15.5 Å². The van der Waals surface area contributed by atoms with E-state index in [1.165, 1.54) is 0 Å². The van der Waals surface area contributed by atoms with Gasteiger partial charge in [0.15, 0.2) is 0 Å². The third-order valence-corrected chi connectivity index (χ3v) is 2.44. The number of nitrogens with zero attached hydrogens (tertiary/aromatic N) is 3.